The lowest BCUT2D eigenvalue weighted by molar-refractivity contribution is 0.0866. The predicted octanol–water partition coefficient (Wildman–Crippen LogP) is 0.587. The zero-order valence-electron chi connectivity index (χ0n) is 5.24. The van der Waals surface area contributed by atoms with Crippen LogP contribution in [0.25, 0.3) is 0 Å². The molecule has 2 nitrogen and oxygen atoms in total. The second kappa shape index (κ2) is 9.06. The first-order valence-corrected chi connectivity index (χ1v) is 2.85. The first-order chi connectivity index (χ1) is 3.39. The number of hydrogen-bond acceptors (Lipinski definition) is 2. The molecule has 10 heavy (non-hydrogen) atoms. The van der Waals surface area contributed by atoms with Gasteiger partial charge in [0.15, 0.2) is 0 Å². The van der Waals surface area contributed by atoms with E-state index in [2.05, 4.69) is 5.32 Å². The Morgan fingerprint density at radius 1 is 1.30 bits per heavy atom. The maximum atomic E-state index is 5.03. The largest absolute Gasteiger partial charge is 0.364 e. The van der Waals surface area contributed by atoms with Gasteiger partial charge >= 0.3 is 0 Å². The number of halogens is 3. The van der Waals surface area contributed by atoms with Gasteiger partial charge in [-0.2, -0.15) is 0 Å². The summed E-state index contributed by atoms with van der Waals surface area (Å²) < 4.78 is 5.03. The average Bonchev–Trinajstić information content (AvgIpc) is 1.69. The van der Waals surface area contributed by atoms with E-state index >= 15 is 0 Å². The lowest BCUT2D eigenvalue weighted by atomic mass is 10.5. The second-order valence-electron chi connectivity index (χ2n) is 1.50. The van der Waals surface area contributed by atoms with Gasteiger partial charge in [-0.3, -0.25) is 14.1 Å². The van der Waals surface area contributed by atoms with Crippen molar-refractivity contribution >= 4 is 12.6 Å². The van der Waals surface area contributed by atoms with Crippen molar-refractivity contribution in [3.63, 3.8) is 0 Å². The molecule has 0 aromatic carbocycles. The fraction of sp³-hybridized carbons (Fsp3) is 1.00. The molecule has 1 heterocycles. The van der Waals surface area contributed by atoms with Crippen molar-refractivity contribution in [3.05, 3.63) is 0 Å². The predicted molar refractivity (Wildman–Crippen MR) is 37.7 cm³/mol. The summed E-state index contributed by atoms with van der Waals surface area (Å²) in [6.07, 6.45) is 0. The smallest absolute Gasteiger partial charge is 0.125 e. The quantitative estimate of drug-likeness (QED) is 0.586. The molecular weight excluding hydrogens is 167 g/mol. The van der Waals surface area contributed by atoms with E-state index in [0.717, 1.165) is 19.7 Å². The Morgan fingerprint density at radius 2 is 1.90 bits per heavy atom. The van der Waals surface area contributed by atoms with Crippen LogP contribution in [0.2, 0.25) is 0 Å². The van der Waals surface area contributed by atoms with Crippen LogP contribution in [0.15, 0.2) is 0 Å². The van der Waals surface area contributed by atoms with E-state index in [0.29, 0.717) is 0 Å². The summed E-state index contributed by atoms with van der Waals surface area (Å²) in [4.78, 5) is 0. The van der Waals surface area contributed by atoms with E-state index < -0.39 is 0 Å². The van der Waals surface area contributed by atoms with Gasteiger partial charge in [0.05, 0.1) is 6.61 Å². The second-order valence-corrected chi connectivity index (χ2v) is 2.03. The van der Waals surface area contributed by atoms with Gasteiger partial charge in [0.2, 0.25) is 0 Å². The molecule has 1 N–H and O–H groups in total. The molecule has 6 heteroatoms. The topological polar surface area (TPSA) is 21.3 Å². The Morgan fingerprint density at radius 3 is 2.10 bits per heavy atom. The SMILES string of the molecule is F.F.F.[S]C1CNCCO1. The van der Waals surface area contributed by atoms with Gasteiger partial charge in [-0.15, -0.1) is 0 Å². The Kier molecular flexibility index (Phi) is 15.0. The molecule has 0 aliphatic carbocycles. The van der Waals surface area contributed by atoms with Crippen LogP contribution in [-0.4, -0.2) is 25.1 Å². The van der Waals surface area contributed by atoms with Crippen molar-refractivity contribution < 1.29 is 18.9 Å². The van der Waals surface area contributed by atoms with Crippen LogP contribution >= 0.6 is 12.6 Å². The maximum Gasteiger partial charge on any atom is 0.125 e. The highest BCUT2D eigenvalue weighted by Crippen LogP contribution is 1.97. The van der Waals surface area contributed by atoms with Crippen LogP contribution in [0.4, 0.5) is 14.1 Å². The zero-order chi connectivity index (χ0) is 5.11. The van der Waals surface area contributed by atoms with Gasteiger partial charge in [0.25, 0.3) is 0 Å². The summed E-state index contributed by atoms with van der Waals surface area (Å²) in [7, 11) is 0. The molecule has 1 radical (unpaired) electrons. The lowest BCUT2D eigenvalue weighted by Gasteiger charge is -2.17. The molecule has 65 valence electrons. The molecule has 1 aliphatic rings. The highest BCUT2D eigenvalue weighted by Gasteiger charge is 2.06. The van der Waals surface area contributed by atoms with Crippen LogP contribution in [0, 0.1) is 0 Å². The minimum Gasteiger partial charge on any atom is -0.364 e. The molecule has 0 saturated carbocycles. The average molecular weight is 178 g/mol. The molecule has 1 rings (SSSR count). The van der Waals surface area contributed by atoms with Crippen molar-refractivity contribution in [3.8, 4) is 0 Å². The first-order valence-electron chi connectivity index (χ1n) is 2.38. The molecule has 0 aromatic rings. The van der Waals surface area contributed by atoms with Crippen molar-refractivity contribution in [1.29, 1.82) is 0 Å². The molecular formula is C4H11F3NOS. The molecule has 0 spiro atoms. The molecule has 1 fully saturated rings. The lowest BCUT2D eigenvalue weighted by Crippen LogP contribution is -2.35. The number of morpholine rings is 1. The molecule has 0 amide bonds. The van der Waals surface area contributed by atoms with Gasteiger partial charge in [0.1, 0.15) is 5.44 Å². The third kappa shape index (κ3) is 6.18. The summed E-state index contributed by atoms with van der Waals surface area (Å²) in [5, 5.41) is 3.11. The number of nitrogens with one attached hydrogen (secondary N) is 1. The van der Waals surface area contributed by atoms with Crippen molar-refractivity contribution in [2.75, 3.05) is 19.7 Å². The summed E-state index contributed by atoms with van der Waals surface area (Å²) in [6, 6.07) is 0. The highest BCUT2D eigenvalue weighted by molar-refractivity contribution is 7.80. The summed E-state index contributed by atoms with van der Waals surface area (Å²) in [5.74, 6) is 0. The minimum absolute atomic E-state index is 0. The minimum atomic E-state index is 0. The van der Waals surface area contributed by atoms with Gasteiger partial charge in [-0.1, -0.05) is 12.6 Å². The van der Waals surface area contributed by atoms with Gasteiger partial charge in [-0.05, 0) is 0 Å². The number of rotatable bonds is 0. The summed E-state index contributed by atoms with van der Waals surface area (Å²) in [6.45, 7) is 2.55. The maximum absolute atomic E-state index is 5.03. The molecule has 1 unspecified atom stereocenters. The van der Waals surface area contributed by atoms with Crippen LogP contribution in [0.3, 0.4) is 0 Å². The van der Waals surface area contributed by atoms with E-state index in [9.17, 15) is 0 Å². The van der Waals surface area contributed by atoms with Gasteiger partial charge in [-0.25, -0.2) is 0 Å². The van der Waals surface area contributed by atoms with Crippen LogP contribution in [0.1, 0.15) is 0 Å². The van der Waals surface area contributed by atoms with Crippen LogP contribution < -0.4 is 5.32 Å². The van der Waals surface area contributed by atoms with Crippen molar-refractivity contribution in [1.82, 2.24) is 5.32 Å². The van der Waals surface area contributed by atoms with Crippen molar-refractivity contribution in [2.45, 2.75) is 5.44 Å². The molecule has 0 aromatic heterocycles. The molecule has 0 bridgehead atoms. The molecule has 1 atom stereocenters. The summed E-state index contributed by atoms with van der Waals surface area (Å²) >= 11 is 4.80. The van der Waals surface area contributed by atoms with Crippen LogP contribution in [0.5, 0.6) is 0 Å². The van der Waals surface area contributed by atoms with E-state index in [1.54, 1.807) is 0 Å². The molecule has 1 saturated heterocycles. The Labute approximate surface area is 62.8 Å². The zero-order valence-corrected chi connectivity index (χ0v) is 6.06. The Bertz CT molecular complexity index is 62.5. The highest BCUT2D eigenvalue weighted by atomic mass is 32.1. The third-order valence-electron chi connectivity index (χ3n) is 0.894. The Hall–Kier alpha value is 0.0600. The van der Waals surface area contributed by atoms with Crippen molar-refractivity contribution in [2.24, 2.45) is 0 Å². The monoisotopic (exact) mass is 178 g/mol. The summed E-state index contributed by atoms with van der Waals surface area (Å²) in [5.41, 5.74) is 0.00810. The standard InChI is InChI=1S/C4H8NOS.3FH/c7-4-3-5-1-2-6-4;;;/h4-5H,1-3H2;3*1H. The molecule has 1 aliphatic heterocycles. The fourth-order valence-electron chi connectivity index (χ4n) is 0.541. The van der Waals surface area contributed by atoms with E-state index in [-0.39, 0.29) is 19.5 Å². The normalized spacial score (nSPS) is 23.1. The number of hydrogen-bond donors (Lipinski definition) is 1. The van der Waals surface area contributed by atoms with Crippen LogP contribution in [-0.2, 0) is 4.74 Å². The number of ether oxygens (including phenoxy) is 1. The fourth-order valence-corrected chi connectivity index (χ4v) is 0.755. The first kappa shape index (κ1) is 16.6. The van der Waals surface area contributed by atoms with Gasteiger partial charge < -0.3 is 10.1 Å². The van der Waals surface area contributed by atoms with E-state index in [1.165, 1.54) is 0 Å². The van der Waals surface area contributed by atoms with Gasteiger partial charge in [0, 0.05) is 13.1 Å². The third-order valence-corrected chi connectivity index (χ3v) is 1.20. The van der Waals surface area contributed by atoms with E-state index in [4.69, 9.17) is 17.4 Å². The van der Waals surface area contributed by atoms with E-state index in [1.807, 2.05) is 0 Å². The Balaban J connectivity index is -0.000000163.